The predicted molar refractivity (Wildman–Crippen MR) is 111 cm³/mol. The highest BCUT2D eigenvalue weighted by molar-refractivity contribution is 7.99. The number of hydrogen-bond acceptors (Lipinski definition) is 6. The minimum Gasteiger partial charge on any atom is -0.411 e. The fourth-order valence-corrected chi connectivity index (χ4v) is 2.96. The molecule has 3 aromatic rings. The highest BCUT2D eigenvalue weighted by atomic mass is 32.2. The van der Waals surface area contributed by atoms with Crippen molar-refractivity contribution < 1.29 is 9.21 Å². The molecule has 1 aromatic heterocycles. The third-order valence-corrected chi connectivity index (χ3v) is 4.88. The topological polar surface area (TPSA) is 71.3 Å². The van der Waals surface area contributed by atoms with Gasteiger partial charge in [0.05, 0.1) is 5.75 Å². The molecule has 27 heavy (non-hydrogen) atoms. The van der Waals surface area contributed by atoms with Gasteiger partial charge in [-0.1, -0.05) is 48.2 Å². The molecule has 138 valence electrons. The second-order valence-electron chi connectivity index (χ2n) is 5.86. The first-order valence-electron chi connectivity index (χ1n) is 8.16. The van der Waals surface area contributed by atoms with Crippen molar-refractivity contribution >= 4 is 40.6 Å². The van der Waals surface area contributed by atoms with Gasteiger partial charge in [-0.05, 0) is 30.4 Å². The molecule has 0 saturated carbocycles. The minimum absolute atomic E-state index is 0.0174. The molecule has 0 saturated heterocycles. The lowest BCUT2D eigenvalue weighted by atomic mass is 10.2. The maximum atomic E-state index is 12.2. The van der Waals surface area contributed by atoms with Gasteiger partial charge in [-0.3, -0.25) is 4.79 Å². The molecular weight excluding hydrogens is 380 g/mol. The van der Waals surface area contributed by atoms with Gasteiger partial charge in [0.25, 0.3) is 5.22 Å². The van der Waals surface area contributed by atoms with Crippen LogP contribution >= 0.6 is 24.0 Å². The van der Waals surface area contributed by atoms with Crippen molar-refractivity contribution in [3.8, 4) is 11.5 Å². The van der Waals surface area contributed by atoms with E-state index in [0.717, 1.165) is 11.3 Å². The normalized spacial score (nSPS) is 10.4. The van der Waals surface area contributed by atoms with E-state index in [1.807, 2.05) is 61.5 Å². The van der Waals surface area contributed by atoms with Crippen LogP contribution in [0.4, 0.5) is 5.69 Å². The van der Waals surface area contributed by atoms with E-state index in [9.17, 15) is 4.79 Å². The zero-order chi connectivity index (χ0) is 19.2. The van der Waals surface area contributed by atoms with Crippen molar-refractivity contribution in [2.45, 2.75) is 5.22 Å². The highest BCUT2D eigenvalue weighted by Gasteiger charge is 2.13. The second kappa shape index (κ2) is 8.79. The van der Waals surface area contributed by atoms with Gasteiger partial charge in [-0.15, -0.1) is 10.2 Å². The molecule has 1 N–H and O–H groups in total. The summed E-state index contributed by atoms with van der Waals surface area (Å²) in [5, 5.41) is 12.2. The molecule has 0 spiro atoms. The summed E-state index contributed by atoms with van der Waals surface area (Å²) in [6.07, 6.45) is 0. The largest absolute Gasteiger partial charge is 0.411 e. The van der Waals surface area contributed by atoms with Gasteiger partial charge in [0.1, 0.15) is 0 Å². The zero-order valence-electron chi connectivity index (χ0n) is 14.9. The first kappa shape index (κ1) is 19.1. The molecule has 0 aliphatic carbocycles. The van der Waals surface area contributed by atoms with Crippen LogP contribution in [-0.2, 0) is 0 Å². The summed E-state index contributed by atoms with van der Waals surface area (Å²) in [7, 11) is 3.74. The Morgan fingerprint density at radius 1 is 1.15 bits per heavy atom. The highest BCUT2D eigenvalue weighted by Crippen LogP contribution is 2.25. The number of hydrogen-bond donors (Lipinski definition) is 1. The second-order valence-corrected chi connectivity index (χ2v) is 7.17. The fourth-order valence-electron chi connectivity index (χ4n) is 2.18. The average molecular weight is 399 g/mol. The molecule has 2 aromatic carbocycles. The van der Waals surface area contributed by atoms with E-state index < -0.39 is 0 Å². The molecule has 6 nitrogen and oxygen atoms in total. The number of anilines is 1. The quantitative estimate of drug-likeness (QED) is 0.380. The Morgan fingerprint density at radius 2 is 1.93 bits per heavy atom. The van der Waals surface area contributed by atoms with Crippen molar-refractivity contribution in [1.29, 1.82) is 0 Å². The Morgan fingerprint density at radius 3 is 2.67 bits per heavy atom. The van der Waals surface area contributed by atoms with Crippen molar-refractivity contribution in [2.75, 3.05) is 25.2 Å². The first-order valence-corrected chi connectivity index (χ1v) is 9.55. The lowest BCUT2D eigenvalue weighted by molar-refractivity contribution is 0.102. The third-order valence-electron chi connectivity index (χ3n) is 3.60. The lowest BCUT2D eigenvalue weighted by Crippen LogP contribution is -2.26. The van der Waals surface area contributed by atoms with Crippen LogP contribution in [0.3, 0.4) is 0 Å². The summed E-state index contributed by atoms with van der Waals surface area (Å²) >= 11 is 6.48. The van der Waals surface area contributed by atoms with E-state index in [2.05, 4.69) is 15.5 Å². The van der Waals surface area contributed by atoms with Gasteiger partial charge < -0.3 is 14.6 Å². The molecule has 0 amide bonds. The number of nitrogens with zero attached hydrogens (tertiary/aromatic N) is 3. The Labute approximate surface area is 167 Å². The van der Waals surface area contributed by atoms with Crippen LogP contribution in [0.25, 0.3) is 11.5 Å². The molecule has 1 heterocycles. The molecule has 0 unspecified atom stereocenters. The average Bonchev–Trinajstić information content (AvgIpc) is 3.16. The minimum atomic E-state index is 0.0174. The Kier molecular flexibility index (Phi) is 6.20. The summed E-state index contributed by atoms with van der Waals surface area (Å²) in [6.45, 7) is 0. The maximum absolute atomic E-state index is 12.2. The number of thioether (sulfide) groups is 1. The molecule has 0 atom stereocenters. The Balaban J connectivity index is 1.65. The summed E-state index contributed by atoms with van der Waals surface area (Å²) in [6, 6.07) is 16.7. The van der Waals surface area contributed by atoms with Gasteiger partial charge in [0.15, 0.2) is 10.9 Å². The van der Waals surface area contributed by atoms with Gasteiger partial charge >= 0.3 is 0 Å². The van der Waals surface area contributed by atoms with E-state index in [0.29, 0.717) is 21.8 Å². The summed E-state index contributed by atoms with van der Waals surface area (Å²) in [5.74, 6) is 0.650. The Bertz CT molecular complexity index is 942. The monoisotopic (exact) mass is 398 g/mol. The number of nitrogens with one attached hydrogen (secondary N) is 1. The van der Waals surface area contributed by atoms with Crippen molar-refractivity contribution in [3.05, 3.63) is 60.2 Å². The number of Topliss-reactive ketones (excluding diaryl/α,β-unsaturated/α-hetero) is 1. The molecule has 0 radical (unpaired) electrons. The van der Waals surface area contributed by atoms with Gasteiger partial charge in [-0.25, -0.2) is 0 Å². The van der Waals surface area contributed by atoms with Crippen LogP contribution < -0.4 is 5.32 Å². The van der Waals surface area contributed by atoms with E-state index in [4.69, 9.17) is 16.6 Å². The van der Waals surface area contributed by atoms with Crippen molar-refractivity contribution in [1.82, 2.24) is 15.1 Å². The van der Waals surface area contributed by atoms with Crippen LogP contribution in [0.2, 0.25) is 0 Å². The molecule has 0 bridgehead atoms. The smallest absolute Gasteiger partial charge is 0.277 e. The van der Waals surface area contributed by atoms with Gasteiger partial charge in [0.2, 0.25) is 5.89 Å². The number of benzene rings is 2. The van der Waals surface area contributed by atoms with Crippen LogP contribution in [0.5, 0.6) is 0 Å². The summed E-state index contributed by atoms with van der Waals surface area (Å²) in [4.78, 5) is 14.0. The lowest BCUT2D eigenvalue weighted by Gasteiger charge is -2.15. The third kappa shape index (κ3) is 5.15. The molecule has 0 aliphatic heterocycles. The van der Waals surface area contributed by atoms with Crippen LogP contribution in [-0.4, -0.2) is 45.8 Å². The van der Waals surface area contributed by atoms with E-state index in [1.54, 1.807) is 12.1 Å². The van der Waals surface area contributed by atoms with E-state index in [1.165, 1.54) is 11.8 Å². The number of rotatable bonds is 6. The van der Waals surface area contributed by atoms with Crippen LogP contribution in [0.1, 0.15) is 10.4 Å². The standard InChI is InChI=1S/C19H18N4O2S2/c1-23(2)18(26)20-15-10-6-9-14(11-15)17-21-22-19(25-17)27-12-16(24)13-7-4-3-5-8-13/h3-11H,12H2,1-2H3,(H,20,26). The first-order chi connectivity index (χ1) is 13.0. The SMILES string of the molecule is CN(C)C(=S)Nc1cccc(-c2nnc(SCC(=O)c3ccccc3)o2)c1. The molecular formula is C19H18N4O2S2. The van der Waals surface area contributed by atoms with E-state index in [-0.39, 0.29) is 11.5 Å². The predicted octanol–water partition coefficient (Wildman–Crippen LogP) is 3.97. The molecule has 3 rings (SSSR count). The number of carbonyl (C=O) groups excluding carboxylic acids is 1. The van der Waals surface area contributed by atoms with Crippen molar-refractivity contribution in [2.24, 2.45) is 0 Å². The maximum Gasteiger partial charge on any atom is 0.277 e. The van der Waals surface area contributed by atoms with Crippen molar-refractivity contribution in [3.63, 3.8) is 0 Å². The summed E-state index contributed by atoms with van der Waals surface area (Å²) < 4.78 is 5.68. The van der Waals surface area contributed by atoms with Gasteiger partial charge in [-0.2, -0.15) is 0 Å². The summed E-state index contributed by atoms with van der Waals surface area (Å²) in [5.41, 5.74) is 2.27. The number of aromatic nitrogens is 2. The molecule has 0 aliphatic rings. The number of carbonyl (C=O) groups is 1. The number of thiocarbonyl (C=S) groups is 1. The molecule has 8 heteroatoms. The van der Waals surface area contributed by atoms with Crippen LogP contribution in [0.15, 0.2) is 64.2 Å². The van der Waals surface area contributed by atoms with Crippen LogP contribution in [0, 0.1) is 0 Å². The number of ketones is 1. The van der Waals surface area contributed by atoms with E-state index >= 15 is 0 Å². The fraction of sp³-hybridized carbons (Fsp3) is 0.158. The molecule has 0 fully saturated rings. The zero-order valence-corrected chi connectivity index (χ0v) is 16.5. The van der Waals surface area contributed by atoms with Gasteiger partial charge in [0, 0.05) is 30.9 Å². The Hall–Kier alpha value is -2.71.